The van der Waals surface area contributed by atoms with Gasteiger partial charge in [-0.25, -0.2) is 0 Å². The molecule has 0 bridgehead atoms. The molecule has 2 aliphatic heterocycles. The zero-order chi connectivity index (χ0) is 20.5. The van der Waals surface area contributed by atoms with Crippen LogP contribution in [0.1, 0.15) is 43.0 Å². The van der Waals surface area contributed by atoms with Crippen molar-refractivity contribution in [1.29, 1.82) is 0 Å². The smallest absolute Gasteiger partial charge is 0.255 e. The highest BCUT2D eigenvalue weighted by molar-refractivity contribution is 14.0. The van der Waals surface area contributed by atoms with Gasteiger partial charge in [0.2, 0.25) is 0 Å². The van der Waals surface area contributed by atoms with Crippen molar-refractivity contribution in [2.45, 2.75) is 32.6 Å². The number of piperidine rings is 1. The van der Waals surface area contributed by atoms with Gasteiger partial charge in [0.25, 0.3) is 5.91 Å². The van der Waals surface area contributed by atoms with Crippen molar-refractivity contribution in [3.8, 4) is 5.75 Å². The molecule has 1 unspecified atom stereocenters. The first-order valence-corrected chi connectivity index (χ1v) is 11.0. The second-order valence-corrected chi connectivity index (χ2v) is 7.97. The molecule has 0 spiro atoms. The number of phenols is 1. The van der Waals surface area contributed by atoms with Gasteiger partial charge in [0.05, 0.1) is 12.1 Å². The molecule has 3 rings (SSSR count). The van der Waals surface area contributed by atoms with Crippen molar-refractivity contribution in [1.82, 2.24) is 20.4 Å². The summed E-state index contributed by atoms with van der Waals surface area (Å²) in [6.45, 7) is 9.64. The van der Waals surface area contributed by atoms with Gasteiger partial charge in [-0.3, -0.25) is 9.79 Å². The van der Waals surface area contributed by atoms with E-state index in [0.717, 1.165) is 25.6 Å². The summed E-state index contributed by atoms with van der Waals surface area (Å²) < 4.78 is 0. The summed E-state index contributed by atoms with van der Waals surface area (Å²) in [4.78, 5) is 21.9. The van der Waals surface area contributed by atoms with Gasteiger partial charge in [-0.15, -0.1) is 24.0 Å². The number of likely N-dealkylation sites (tertiary alicyclic amines) is 2. The van der Waals surface area contributed by atoms with Crippen LogP contribution in [-0.2, 0) is 0 Å². The quantitative estimate of drug-likeness (QED) is 0.219. The molecule has 2 aliphatic rings. The second kappa shape index (κ2) is 13.0. The molecule has 7 nitrogen and oxygen atoms in total. The SMILES string of the molecule is CCNC(=NCCNC(=O)c1ccccc1O)N1CCC(CN2CCCCC2)C1.I. The van der Waals surface area contributed by atoms with E-state index in [-0.39, 0.29) is 35.6 Å². The lowest BCUT2D eigenvalue weighted by molar-refractivity contribution is 0.0952. The third kappa shape index (κ3) is 7.30. The molecule has 2 heterocycles. The average Bonchev–Trinajstić information content (AvgIpc) is 3.19. The number of rotatable bonds is 7. The number of carbonyl (C=O) groups is 1. The summed E-state index contributed by atoms with van der Waals surface area (Å²) >= 11 is 0. The molecule has 0 aromatic heterocycles. The molecular formula is C22H36IN5O2. The lowest BCUT2D eigenvalue weighted by atomic mass is 10.1. The minimum absolute atomic E-state index is 0. The monoisotopic (exact) mass is 529 g/mol. The van der Waals surface area contributed by atoms with Crippen LogP contribution in [0.3, 0.4) is 0 Å². The minimum atomic E-state index is -0.272. The van der Waals surface area contributed by atoms with E-state index in [0.29, 0.717) is 24.6 Å². The summed E-state index contributed by atoms with van der Waals surface area (Å²) in [7, 11) is 0. The molecule has 30 heavy (non-hydrogen) atoms. The molecule has 8 heteroatoms. The lowest BCUT2D eigenvalue weighted by Gasteiger charge is -2.29. The fourth-order valence-electron chi connectivity index (χ4n) is 4.20. The highest BCUT2D eigenvalue weighted by Crippen LogP contribution is 2.20. The first-order chi connectivity index (χ1) is 14.2. The predicted octanol–water partition coefficient (Wildman–Crippen LogP) is 2.51. The Morgan fingerprint density at radius 1 is 1.17 bits per heavy atom. The first-order valence-electron chi connectivity index (χ1n) is 11.0. The van der Waals surface area contributed by atoms with E-state index in [1.54, 1.807) is 18.2 Å². The van der Waals surface area contributed by atoms with Crippen LogP contribution in [0.25, 0.3) is 0 Å². The Morgan fingerprint density at radius 3 is 2.67 bits per heavy atom. The average molecular weight is 529 g/mol. The maximum absolute atomic E-state index is 12.2. The largest absolute Gasteiger partial charge is 0.507 e. The summed E-state index contributed by atoms with van der Waals surface area (Å²) in [5.41, 5.74) is 0.295. The van der Waals surface area contributed by atoms with Crippen LogP contribution in [0.15, 0.2) is 29.3 Å². The van der Waals surface area contributed by atoms with Crippen LogP contribution in [0.2, 0.25) is 0 Å². The Labute approximate surface area is 197 Å². The number of hydrogen-bond acceptors (Lipinski definition) is 4. The van der Waals surface area contributed by atoms with Crippen LogP contribution < -0.4 is 10.6 Å². The fraction of sp³-hybridized carbons (Fsp3) is 0.636. The van der Waals surface area contributed by atoms with Crippen molar-refractivity contribution in [2.24, 2.45) is 10.9 Å². The molecule has 0 aliphatic carbocycles. The van der Waals surface area contributed by atoms with E-state index in [1.807, 2.05) is 0 Å². The molecule has 1 atom stereocenters. The number of nitrogens with one attached hydrogen (secondary N) is 2. The molecule has 0 saturated carbocycles. The zero-order valence-corrected chi connectivity index (χ0v) is 20.3. The van der Waals surface area contributed by atoms with Gasteiger partial charge in [-0.05, 0) is 57.3 Å². The maximum Gasteiger partial charge on any atom is 0.255 e. The van der Waals surface area contributed by atoms with Crippen LogP contribution in [-0.4, -0.2) is 79.1 Å². The topological polar surface area (TPSA) is 80.2 Å². The second-order valence-electron chi connectivity index (χ2n) is 7.97. The summed E-state index contributed by atoms with van der Waals surface area (Å²) in [5.74, 6) is 1.37. The van der Waals surface area contributed by atoms with Crippen LogP contribution in [0, 0.1) is 5.92 Å². The number of nitrogens with zero attached hydrogens (tertiary/aromatic N) is 3. The standard InChI is InChI=1S/C22H35N5O2.HI/c1-2-23-22(25-12-11-24-21(29)19-8-4-5-9-20(19)28)27-15-10-18(17-27)16-26-13-6-3-7-14-26;/h4-5,8-9,18,28H,2-3,6-7,10-17H2,1H3,(H,23,25)(H,24,29);1H. The van der Waals surface area contributed by atoms with Crippen LogP contribution in [0.5, 0.6) is 5.75 Å². The van der Waals surface area contributed by atoms with E-state index in [4.69, 9.17) is 4.99 Å². The van der Waals surface area contributed by atoms with E-state index in [9.17, 15) is 9.90 Å². The summed E-state index contributed by atoms with van der Waals surface area (Å²) in [6, 6.07) is 6.58. The number of phenolic OH excluding ortho intramolecular Hbond substituents is 1. The molecule has 0 radical (unpaired) electrons. The van der Waals surface area contributed by atoms with Crippen molar-refractivity contribution in [3.05, 3.63) is 29.8 Å². The molecule has 3 N–H and O–H groups in total. The number of aromatic hydroxyl groups is 1. The number of benzene rings is 1. The number of aliphatic imine (C=N–C) groups is 1. The molecular weight excluding hydrogens is 493 g/mol. The van der Waals surface area contributed by atoms with Gasteiger partial charge < -0.3 is 25.5 Å². The minimum Gasteiger partial charge on any atom is -0.507 e. The van der Waals surface area contributed by atoms with Crippen molar-refractivity contribution in [3.63, 3.8) is 0 Å². The number of amides is 1. The number of carbonyl (C=O) groups excluding carboxylic acids is 1. The Kier molecular flexibility index (Phi) is 10.7. The van der Waals surface area contributed by atoms with Crippen molar-refractivity contribution in [2.75, 3.05) is 52.4 Å². The van der Waals surface area contributed by atoms with Gasteiger partial charge in [0, 0.05) is 32.7 Å². The van der Waals surface area contributed by atoms with E-state index in [1.165, 1.54) is 51.4 Å². The van der Waals surface area contributed by atoms with Crippen LogP contribution >= 0.6 is 24.0 Å². The Hall–Kier alpha value is -1.55. The highest BCUT2D eigenvalue weighted by atomic mass is 127. The molecule has 168 valence electrons. The van der Waals surface area contributed by atoms with E-state index >= 15 is 0 Å². The number of para-hydroxylation sites is 1. The predicted molar refractivity (Wildman–Crippen MR) is 132 cm³/mol. The lowest BCUT2D eigenvalue weighted by Crippen LogP contribution is -2.41. The van der Waals surface area contributed by atoms with Gasteiger partial charge in [-0.1, -0.05) is 18.6 Å². The molecule has 1 aromatic carbocycles. The molecule has 2 saturated heterocycles. The fourth-order valence-corrected chi connectivity index (χ4v) is 4.20. The number of hydrogen-bond donors (Lipinski definition) is 3. The third-order valence-electron chi connectivity index (χ3n) is 5.69. The number of halogens is 1. The number of guanidine groups is 1. The Balaban J connectivity index is 0.00000320. The van der Waals surface area contributed by atoms with Crippen LogP contribution in [0.4, 0.5) is 0 Å². The molecule has 2 fully saturated rings. The van der Waals surface area contributed by atoms with Gasteiger partial charge in [-0.2, -0.15) is 0 Å². The maximum atomic E-state index is 12.2. The first kappa shape index (κ1) is 24.7. The Morgan fingerprint density at radius 2 is 1.93 bits per heavy atom. The van der Waals surface area contributed by atoms with E-state index in [2.05, 4.69) is 27.4 Å². The Bertz CT molecular complexity index is 694. The summed E-state index contributed by atoms with van der Waals surface area (Å²) in [6.07, 6.45) is 5.27. The van der Waals surface area contributed by atoms with Gasteiger partial charge in [0.15, 0.2) is 5.96 Å². The molecule has 1 amide bonds. The summed E-state index contributed by atoms with van der Waals surface area (Å²) in [5, 5.41) is 16.0. The van der Waals surface area contributed by atoms with Gasteiger partial charge in [0.1, 0.15) is 5.75 Å². The van der Waals surface area contributed by atoms with Crippen molar-refractivity contribution >= 4 is 35.8 Å². The molecule has 1 aromatic rings. The third-order valence-corrected chi connectivity index (χ3v) is 5.69. The highest BCUT2D eigenvalue weighted by Gasteiger charge is 2.26. The van der Waals surface area contributed by atoms with Gasteiger partial charge >= 0.3 is 0 Å². The van der Waals surface area contributed by atoms with Crippen molar-refractivity contribution < 1.29 is 9.90 Å². The zero-order valence-electron chi connectivity index (χ0n) is 18.0. The normalized spacial score (nSPS) is 20.0. The van der Waals surface area contributed by atoms with E-state index < -0.39 is 0 Å².